The second kappa shape index (κ2) is 7.81. The molecule has 1 amide bonds. The van der Waals surface area contributed by atoms with E-state index in [0.29, 0.717) is 19.5 Å². The van der Waals surface area contributed by atoms with Gasteiger partial charge >= 0.3 is 121 Å². The van der Waals surface area contributed by atoms with E-state index in [-0.39, 0.29) is 10.5 Å². The van der Waals surface area contributed by atoms with E-state index in [1.54, 1.807) is 13.8 Å². The topological polar surface area (TPSA) is 69.6 Å². The molecule has 0 rings (SSSR count). The molecule has 3 N–H and O–H groups in total. The van der Waals surface area contributed by atoms with Gasteiger partial charge in [0.15, 0.2) is 0 Å². The first-order chi connectivity index (χ1) is 8.47. The van der Waals surface area contributed by atoms with Crippen LogP contribution in [0.2, 0.25) is 19.3 Å². The SMILES string of the molecule is CCC(=O)N[N+](C)(CC(C)O)CC(O)[CH2][Sn]([CH3])([CH3])[CH3]. The molecule has 0 bridgehead atoms. The molecule has 114 valence electrons. The third-order valence-electron chi connectivity index (χ3n) is 2.84. The van der Waals surface area contributed by atoms with Gasteiger partial charge in [-0.3, -0.25) is 0 Å². The fourth-order valence-corrected chi connectivity index (χ4v) is 6.77. The van der Waals surface area contributed by atoms with Crippen LogP contribution in [-0.4, -0.2) is 71.4 Å². The predicted octanol–water partition coefficient (Wildman–Crippen LogP) is 0.954. The van der Waals surface area contributed by atoms with Gasteiger partial charge in [0.2, 0.25) is 0 Å². The van der Waals surface area contributed by atoms with E-state index in [2.05, 4.69) is 20.2 Å². The van der Waals surface area contributed by atoms with Crippen molar-refractivity contribution in [2.75, 3.05) is 20.1 Å². The van der Waals surface area contributed by atoms with Gasteiger partial charge in [-0.2, -0.15) is 0 Å². The van der Waals surface area contributed by atoms with Crippen molar-refractivity contribution in [2.24, 2.45) is 0 Å². The number of hydrogen-bond donors (Lipinski definition) is 3. The molecule has 0 aliphatic carbocycles. The molecule has 3 atom stereocenters. The van der Waals surface area contributed by atoms with Crippen LogP contribution in [-0.2, 0) is 4.79 Å². The van der Waals surface area contributed by atoms with Crippen molar-refractivity contribution in [3.63, 3.8) is 0 Å². The van der Waals surface area contributed by atoms with Crippen LogP contribution in [0.3, 0.4) is 0 Å². The standard InChI is InChI=1S/C10H21N2O3.3CH3.Sn/c1-5-10(15)11-12(4,6-8(2)13)7-9(3)14;;;;/h8-9,13-14H,2,5-7H2,1,3-4H3;3*1H3;/p+1. The maximum atomic E-state index is 11.6. The molecule has 3 unspecified atom stereocenters. The van der Waals surface area contributed by atoms with E-state index in [4.69, 9.17) is 0 Å². The van der Waals surface area contributed by atoms with Crippen LogP contribution in [0.4, 0.5) is 0 Å². The number of amides is 1. The summed E-state index contributed by atoms with van der Waals surface area (Å²) in [6.45, 7) is 4.35. The van der Waals surface area contributed by atoms with Crippen molar-refractivity contribution in [2.45, 2.75) is 51.7 Å². The predicted molar refractivity (Wildman–Crippen MR) is 80.2 cm³/mol. The van der Waals surface area contributed by atoms with Gasteiger partial charge in [-0.25, -0.2) is 0 Å². The van der Waals surface area contributed by atoms with Gasteiger partial charge in [0.1, 0.15) is 0 Å². The molecule has 5 nitrogen and oxygen atoms in total. The molecule has 0 aromatic heterocycles. The maximum absolute atomic E-state index is 11.6. The van der Waals surface area contributed by atoms with Gasteiger partial charge in [-0.1, -0.05) is 0 Å². The molecule has 0 aliphatic rings. The molecule has 0 aliphatic heterocycles. The normalized spacial score (nSPS) is 18.5. The zero-order valence-corrected chi connectivity index (χ0v) is 16.1. The van der Waals surface area contributed by atoms with Crippen LogP contribution in [0, 0.1) is 0 Å². The Bertz CT molecular complexity index is 292. The first-order valence-electron chi connectivity index (χ1n) is 6.99. The fourth-order valence-electron chi connectivity index (χ4n) is 2.37. The summed E-state index contributed by atoms with van der Waals surface area (Å²) in [5.41, 5.74) is 2.89. The van der Waals surface area contributed by atoms with E-state index < -0.39 is 30.6 Å². The molecule has 0 aromatic rings. The van der Waals surface area contributed by atoms with E-state index in [0.717, 1.165) is 4.44 Å². The van der Waals surface area contributed by atoms with Gasteiger partial charge in [0.25, 0.3) is 0 Å². The molecule has 19 heavy (non-hydrogen) atoms. The number of aliphatic hydroxyl groups excluding tert-OH is 2. The second-order valence-electron chi connectivity index (χ2n) is 6.92. The summed E-state index contributed by atoms with van der Waals surface area (Å²) in [6, 6.07) is 0. The van der Waals surface area contributed by atoms with Crippen LogP contribution in [0.15, 0.2) is 0 Å². The molecule has 0 heterocycles. The second-order valence-corrected chi connectivity index (χ2v) is 22.7. The molecule has 0 fully saturated rings. The number of nitrogens with zero attached hydrogens (tertiary/aromatic N) is 1. The monoisotopic (exact) mass is 383 g/mol. The Kier molecular flexibility index (Phi) is 7.87. The third kappa shape index (κ3) is 9.65. The molecular weight excluding hydrogens is 351 g/mol. The summed E-state index contributed by atoms with van der Waals surface area (Å²) < 4.78 is 1.05. The number of likely N-dealkylation sites (N-methyl/N-ethyl adjacent to an activating group) is 1. The summed E-state index contributed by atoms with van der Waals surface area (Å²) in [4.78, 5) is 18.4. The van der Waals surface area contributed by atoms with Gasteiger partial charge in [0.05, 0.1) is 0 Å². The molecule has 0 saturated carbocycles. The van der Waals surface area contributed by atoms with E-state index in [9.17, 15) is 15.0 Å². The Morgan fingerprint density at radius 2 is 1.79 bits per heavy atom. The van der Waals surface area contributed by atoms with Crippen LogP contribution in [0.5, 0.6) is 0 Å². The van der Waals surface area contributed by atoms with E-state index in [1.165, 1.54) is 0 Å². The van der Waals surface area contributed by atoms with Crippen molar-refractivity contribution < 1.29 is 19.6 Å². The fraction of sp³-hybridized carbons (Fsp3) is 0.923. The van der Waals surface area contributed by atoms with Crippen molar-refractivity contribution in [3.8, 4) is 0 Å². The van der Waals surface area contributed by atoms with Crippen molar-refractivity contribution in [3.05, 3.63) is 0 Å². The van der Waals surface area contributed by atoms with E-state index >= 15 is 0 Å². The van der Waals surface area contributed by atoms with Crippen molar-refractivity contribution in [1.82, 2.24) is 5.43 Å². The zero-order chi connectivity index (χ0) is 15.3. The molecule has 0 saturated heterocycles. The average molecular weight is 382 g/mol. The summed E-state index contributed by atoms with van der Waals surface area (Å²) in [6.07, 6.45) is -0.536. The minimum atomic E-state index is -2.05. The molecule has 0 spiro atoms. The number of carbonyl (C=O) groups is 1. The Morgan fingerprint density at radius 3 is 2.16 bits per heavy atom. The number of rotatable bonds is 8. The first kappa shape index (κ1) is 19.1. The summed E-state index contributed by atoms with van der Waals surface area (Å²) >= 11 is -2.05. The number of nitrogens with one attached hydrogen (secondary N) is 1. The molecule has 6 heteroatoms. The Hall–Kier alpha value is 0.149. The Balaban J connectivity index is 4.70. The van der Waals surface area contributed by atoms with E-state index in [1.807, 2.05) is 7.05 Å². The molecule has 0 aromatic carbocycles. The van der Waals surface area contributed by atoms with Crippen molar-refractivity contribution >= 4 is 24.3 Å². The van der Waals surface area contributed by atoms with Crippen LogP contribution < -0.4 is 5.43 Å². The third-order valence-corrected chi connectivity index (χ3v) is 7.69. The van der Waals surface area contributed by atoms with Crippen LogP contribution in [0.25, 0.3) is 0 Å². The average Bonchev–Trinajstić information content (AvgIpc) is 2.11. The van der Waals surface area contributed by atoms with Gasteiger partial charge in [0, 0.05) is 0 Å². The summed E-state index contributed by atoms with van der Waals surface area (Å²) in [7, 11) is 1.85. The number of carbonyl (C=O) groups excluding carboxylic acids is 1. The first-order valence-corrected chi connectivity index (χ1v) is 17.6. The number of hydrogen-bond acceptors (Lipinski definition) is 3. The van der Waals surface area contributed by atoms with Gasteiger partial charge < -0.3 is 0 Å². The molecular formula is C13H31N2O3Sn+. The van der Waals surface area contributed by atoms with Gasteiger partial charge in [-0.15, -0.1) is 0 Å². The summed E-state index contributed by atoms with van der Waals surface area (Å²) in [5, 5.41) is 19.8. The Morgan fingerprint density at radius 1 is 1.26 bits per heavy atom. The number of quaternary nitrogens is 1. The number of aliphatic hydroxyl groups is 2. The summed E-state index contributed by atoms with van der Waals surface area (Å²) in [5.74, 6) is -0.0605. The quantitative estimate of drug-likeness (QED) is 0.333. The molecule has 0 radical (unpaired) electrons. The van der Waals surface area contributed by atoms with Crippen LogP contribution in [0.1, 0.15) is 20.3 Å². The van der Waals surface area contributed by atoms with Gasteiger partial charge in [-0.05, 0) is 0 Å². The zero-order valence-electron chi connectivity index (χ0n) is 13.2. The minimum absolute atomic E-state index is 0.0605. The Labute approximate surface area is 121 Å². The van der Waals surface area contributed by atoms with Crippen molar-refractivity contribution in [1.29, 1.82) is 0 Å². The van der Waals surface area contributed by atoms with Crippen LogP contribution >= 0.6 is 0 Å².